The molecule has 4 nitrogen and oxygen atoms in total. The number of aryl methyl sites for hydroxylation is 1. The Labute approximate surface area is 137 Å². The third-order valence-corrected chi connectivity index (χ3v) is 3.86. The number of carbonyl (C=O) groups is 1. The fourth-order valence-electron chi connectivity index (χ4n) is 2.33. The zero-order chi connectivity index (χ0) is 16.4. The minimum absolute atomic E-state index is 0.100. The van der Waals surface area contributed by atoms with Gasteiger partial charge in [-0.1, -0.05) is 17.7 Å². The number of Topliss-reactive ketones (excluding diaryl/α,β-unsaturated/α-hetero) is 1. The van der Waals surface area contributed by atoms with Crippen LogP contribution in [0.25, 0.3) is 10.8 Å². The Kier molecular flexibility index (Phi) is 4.17. The first-order chi connectivity index (χ1) is 11.1. The SMILES string of the molecule is Cn1ccc2c(OCC(=O)c3ccc(Cl)cc3)cccc2c1=O. The Morgan fingerprint density at radius 2 is 1.83 bits per heavy atom. The van der Waals surface area contributed by atoms with Crippen molar-refractivity contribution in [2.45, 2.75) is 0 Å². The molecule has 0 saturated carbocycles. The Morgan fingerprint density at radius 3 is 2.57 bits per heavy atom. The van der Waals surface area contributed by atoms with Gasteiger partial charge in [0.1, 0.15) is 5.75 Å². The van der Waals surface area contributed by atoms with Gasteiger partial charge in [0.25, 0.3) is 5.56 Å². The molecule has 0 atom stereocenters. The number of fused-ring (bicyclic) bond motifs is 1. The number of nitrogens with zero attached hydrogens (tertiary/aromatic N) is 1. The van der Waals surface area contributed by atoms with Crippen molar-refractivity contribution in [3.8, 4) is 5.75 Å². The predicted molar refractivity (Wildman–Crippen MR) is 90.5 cm³/mol. The Bertz CT molecular complexity index is 929. The highest BCUT2D eigenvalue weighted by Crippen LogP contribution is 2.23. The summed E-state index contributed by atoms with van der Waals surface area (Å²) in [4.78, 5) is 24.3. The molecule has 0 aliphatic carbocycles. The van der Waals surface area contributed by atoms with E-state index in [1.807, 2.05) is 0 Å². The number of rotatable bonds is 4. The molecule has 0 spiro atoms. The van der Waals surface area contributed by atoms with E-state index >= 15 is 0 Å². The van der Waals surface area contributed by atoms with Crippen molar-refractivity contribution >= 4 is 28.2 Å². The summed E-state index contributed by atoms with van der Waals surface area (Å²) >= 11 is 5.81. The molecule has 5 heteroatoms. The Morgan fingerprint density at radius 1 is 1.09 bits per heavy atom. The lowest BCUT2D eigenvalue weighted by Gasteiger charge is -2.09. The van der Waals surface area contributed by atoms with E-state index in [0.29, 0.717) is 27.1 Å². The van der Waals surface area contributed by atoms with Crippen molar-refractivity contribution in [1.29, 1.82) is 0 Å². The fourth-order valence-corrected chi connectivity index (χ4v) is 2.46. The molecule has 0 bridgehead atoms. The molecule has 0 amide bonds. The molecule has 0 saturated heterocycles. The van der Waals surface area contributed by atoms with E-state index in [-0.39, 0.29) is 17.9 Å². The van der Waals surface area contributed by atoms with Gasteiger partial charge >= 0.3 is 0 Å². The van der Waals surface area contributed by atoms with Crippen LogP contribution in [0.4, 0.5) is 0 Å². The molecule has 116 valence electrons. The highest BCUT2D eigenvalue weighted by Gasteiger charge is 2.10. The number of carbonyl (C=O) groups excluding carboxylic acids is 1. The Hall–Kier alpha value is -2.59. The number of benzene rings is 2. The summed E-state index contributed by atoms with van der Waals surface area (Å²) in [6.07, 6.45) is 1.68. The molecule has 3 rings (SSSR count). The monoisotopic (exact) mass is 327 g/mol. The summed E-state index contributed by atoms with van der Waals surface area (Å²) in [7, 11) is 1.69. The summed E-state index contributed by atoms with van der Waals surface area (Å²) in [5.74, 6) is 0.366. The topological polar surface area (TPSA) is 48.3 Å². The second-order valence-corrected chi connectivity index (χ2v) is 5.60. The molecule has 0 aliphatic heterocycles. The van der Waals surface area contributed by atoms with Crippen LogP contribution in [-0.4, -0.2) is 17.0 Å². The van der Waals surface area contributed by atoms with Crippen LogP contribution in [0.1, 0.15) is 10.4 Å². The van der Waals surface area contributed by atoms with Gasteiger partial charge in [-0.15, -0.1) is 0 Å². The summed E-state index contributed by atoms with van der Waals surface area (Å²) in [5, 5.41) is 1.83. The van der Waals surface area contributed by atoms with Crippen molar-refractivity contribution in [2.24, 2.45) is 7.05 Å². The van der Waals surface area contributed by atoms with Gasteiger partial charge in [-0.2, -0.15) is 0 Å². The van der Waals surface area contributed by atoms with Gasteiger partial charge in [0.15, 0.2) is 12.4 Å². The molecular weight excluding hydrogens is 314 g/mol. The molecular formula is C18H14ClNO3. The standard InChI is InChI=1S/C18H14ClNO3/c1-20-10-9-14-15(18(20)22)3-2-4-17(14)23-11-16(21)12-5-7-13(19)8-6-12/h2-10H,11H2,1H3. The number of hydrogen-bond acceptors (Lipinski definition) is 3. The van der Waals surface area contributed by atoms with Crippen LogP contribution >= 0.6 is 11.6 Å². The van der Waals surface area contributed by atoms with Crippen LogP contribution in [0.3, 0.4) is 0 Å². The van der Waals surface area contributed by atoms with Crippen molar-refractivity contribution in [1.82, 2.24) is 4.57 Å². The molecule has 2 aromatic carbocycles. The third kappa shape index (κ3) is 3.12. The lowest BCUT2D eigenvalue weighted by atomic mass is 10.1. The fraction of sp³-hybridized carbons (Fsp3) is 0.111. The number of ketones is 1. The highest BCUT2D eigenvalue weighted by molar-refractivity contribution is 6.30. The summed E-state index contributed by atoms with van der Waals surface area (Å²) < 4.78 is 7.13. The number of ether oxygens (including phenoxy) is 1. The minimum Gasteiger partial charge on any atom is -0.485 e. The summed E-state index contributed by atoms with van der Waals surface area (Å²) in [6.45, 7) is -0.101. The van der Waals surface area contributed by atoms with E-state index in [9.17, 15) is 9.59 Å². The second kappa shape index (κ2) is 6.26. The smallest absolute Gasteiger partial charge is 0.258 e. The molecule has 0 N–H and O–H groups in total. The first-order valence-corrected chi connectivity index (χ1v) is 7.44. The molecule has 3 aromatic rings. The average molecular weight is 328 g/mol. The number of halogens is 1. The molecule has 0 fully saturated rings. The van der Waals surface area contributed by atoms with Crippen LogP contribution in [-0.2, 0) is 7.05 Å². The maximum atomic E-state index is 12.2. The van der Waals surface area contributed by atoms with Gasteiger partial charge in [-0.05, 0) is 42.5 Å². The average Bonchev–Trinajstić information content (AvgIpc) is 2.56. The number of aromatic nitrogens is 1. The molecule has 0 unspecified atom stereocenters. The quantitative estimate of drug-likeness (QED) is 0.690. The van der Waals surface area contributed by atoms with Crippen LogP contribution in [0.2, 0.25) is 5.02 Å². The molecule has 23 heavy (non-hydrogen) atoms. The first-order valence-electron chi connectivity index (χ1n) is 7.06. The van der Waals surface area contributed by atoms with Gasteiger partial charge in [0, 0.05) is 29.2 Å². The van der Waals surface area contributed by atoms with E-state index in [4.69, 9.17) is 16.3 Å². The maximum absolute atomic E-state index is 12.2. The minimum atomic E-state index is -0.150. The van der Waals surface area contributed by atoms with Gasteiger partial charge in [0.2, 0.25) is 0 Å². The summed E-state index contributed by atoms with van der Waals surface area (Å²) in [6, 6.07) is 13.7. The van der Waals surface area contributed by atoms with Crippen LogP contribution in [0.5, 0.6) is 5.75 Å². The molecule has 1 heterocycles. The first kappa shape index (κ1) is 15.3. The Balaban J connectivity index is 1.85. The molecule has 0 radical (unpaired) electrons. The van der Waals surface area contributed by atoms with Crippen molar-refractivity contribution in [3.63, 3.8) is 0 Å². The van der Waals surface area contributed by atoms with E-state index in [1.165, 1.54) is 4.57 Å². The third-order valence-electron chi connectivity index (χ3n) is 3.61. The maximum Gasteiger partial charge on any atom is 0.258 e. The zero-order valence-electron chi connectivity index (χ0n) is 12.5. The van der Waals surface area contributed by atoms with Crippen LogP contribution in [0, 0.1) is 0 Å². The molecule has 0 aliphatic rings. The van der Waals surface area contributed by atoms with Gasteiger partial charge in [-0.25, -0.2) is 0 Å². The highest BCUT2D eigenvalue weighted by atomic mass is 35.5. The van der Waals surface area contributed by atoms with Crippen molar-refractivity contribution in [2.75, 3.05) is 6.61 Å². The van der Waals surface area contributed by atoms with Gasteiger partial charge in [0.05, 0.1) is 5.39 Å². The van der Waals surface area contributed by atoms with Crippen molar-refractivity contribution < 1.29 is 9.53 Å². The predicted octanol–water partition coefficient (Wildman–Crippen LogP) is 3.45. The van der Waals surface area contributed by atoms with E-state index < -0.39 is 0 Å². The lowest BCUT2D eigenvalue weighted by Crippen LogP contribution is -2.16. The van der Waals surface area contributed by atoms with E-state index in [0.717, 1.165) is 0 Å². The van der Waals surface area contributed by atoms with Crippen LogP contribution in [0.15, 0.2) is 59.5 Å². The number of pyridine rings is 1. The van der Waals surface area contributed by atoms with Crippen molar-refractivity contribution in [3.05, 3.63) is 75.7 Å². The second-order valence-electron chi connectivity index (χ2n) is 5.17. The lowest BCUT2D eigenvalue weighted by molar-refractivity contribution is 0.0922. The van der Waals surface area contributed by atoms with E-state index in [2.05, 4.69) is 0 Å². The number of hydrogen-bond donors (Lipinski definition) is 0. The van der Waals surface area contributed by atoms with E-state index in [1.54, 1.807) is 61.8 Å². The molecule has 1 aromatic heterocycles. The van der Waals surface area contributed by atoms with Gasteiger partial charge in [-0.3, -0.25) is 9.59 Å². The largest absolute Gasteiger partial charge is 0.485 e. The zero-order valence-corrected chi connectivity index (χ0v) is 13.2. The van der Waals surface area contributed by atoms with Crippen LogP contribution < -0.4 is 10.3 Å². The normalized spacial score (nSPS) is 10.7. The summed E-state index contributed by atoms with van der Waals surface area (Å²) in [5.41, 5.74) is 0.433. The van der Waals surface area contributed by atoms with Gasteiger partial charge < -0.3 is 9.30 Å².